The van der Waals surface area contributed by atoms with Gasteiger partial charge in [0.25, 0.3) is 0 Å². The highest BCUT2D eigenvalue weighted by Gasteiger charge is 2.20. The lowest BCUT2D eigenvalue weighted by Crippen LogP contribution is -2.02. The van der Waals surface area contributed by atoms with E-state index in [2.05, 4.69) is 35.4 Å². The number of ether oxygens (including phenoxy) is 1. The molecule has 4 nitrogen and oxygen atoms in total. The lowest BCUT2D eigenvalue weighted by molar-refractivity contribution is 0.304. The Bertz CT molecular complexity index is 920. The van der Waals surface area contributed by atoms with Gasteiger partial charge in [-0.05, 0) is 55.2 Å². The lowest BCUT2D eigenvalue weighted by atomic mass is 9.96. The molecule has 5 heteroatoms. The fourth-order valence-corrected chi connectivity index (χ4v) is 4.72. The average molecular weight is 408 g/mol. The summed E-state index contributed by atoms with van der Waals surface area (Å²) in [6.45, 7) is 3.05. The normalized spacial score (nSPS) is 12.3. The van der Waals surface area contributed by atoms with E-state index < -0.39 is 0 Å². The number of nitrogens with zero attached hydrogens (tertiary/aromatic N) is 2. The number of aromatic nitrogens is 2. The second kappa shape index (κ2) is 9.88. The Kier molecular flexibility index (Phi) is 6.78. The number of rotatable bonds is 10. The highest BCUT2D eigenvalue weighted by atomic mass is 32.1. The molecule has 0 amide bonds. The smallest absolute Gasteiger partial charge is 0.187 e. The molecular weight excluding hydrogens is 378 g/mol. The highest BCUT2D eigenvalue weighted by Crippen LogP contribution is 2.38. The van der Waals surface area contributed by atoms with Gasteiger partial charge in [0.15, 0.2) is 5.13 Å². The quantitative estimate of drug-likeness (QED) is 0.376. The standard InChI is InChI=1S/C24H29N3OS/c1-2-3-4-5-6-7-16-28-20-11-9-19(10-12-20)26-24-27-23-21-14-15-25-17-18(21)8-13-22(23)29-24/h9-12,14-15,17H,2-8,13,16H2,1H3,(H,26,27). The monoisotopic (exact) mass is 407 g/mol. The Hall–Kier alpha value is -2.40. The number of pyridine rings is 1. The van der Waals surface area contributed by atoms with Gasteiger partial charge in [-0.3, -0.25) is 4.98 Å². The van der Waals surface area contributed by atoms with Crippen LogP contribution in [0, 0.1) is 0 Å². The van der Waals surface area contributed by atoms with Gasteiger partial charge >= 0.3 is 0 Å². The molecule has 152 valence electrons. The Labute approximate surface area is 177 Å². The molecule has 2 aromatic heterocycles. The van der Waals surface area contributed by atoms with Gasteiger partial charge in [-0.1, -0.05) is 39.0 Å². The first-order valence-electron chi connectivity index (χ1n) is 10.8. The molecule has 0 unspecified atom stereocenters. The summed E-state index contributed by atoms with van der Waals surface area (Å²) in [4.78, 5) is 10.4. The van der Waals surface area contributed by atoms with Gasteiger partial charge in [0.05, 0.1) is 12.3 Å². The van der Waals surface area contributed by atoms with Crippen molar-refractivity contribution in [3.8, 4) is 17.0 Å². The Balaban J connectivity index is 1.29. The summed E-state index contributed by atoms with van der Waals surface area (Å²) < 4.78 is 5.88. The van der Waals surface area contributed by atoms with Crippen molar-refractivity contribution in [3.63, 3.8) is 0 Å². The average Bonchev–Trinajstić information content (AvgIpc) is 3.17. The number of thiazole rings is 1. The molecule has 0 spiro atoms. The van der Waals surface area contributed by atoms with Gasteiger partial charge in [-0.2, -0.15) is 0 Å². The van der Waals surface area contributed by atoms with Crippen LogP contribution in [0.5, 0.6) is 5.75 Å². The number of hydrogen-bond acceptors (Lipinski definition) is 5. The summed E-state index contributed by atoms with van der Waals surface area (Å²) in [6.07, 6.45) is 13.6. The summed E-state index contributed by atoms with van der Waals surface area (Å²) in [5.41, 5.74) is 4.67. The largest absolute Gasteiger partial charge is 0.494 e. The molecule has 2 heterocycles. The number of fused-ring (bicyclic) bond motifs is 3. The molecule has 29 heavy (non-hydrogen) atoms. The minimum atomic E-state index is 0.798. The van der Waals surface area contributed by atoms with Crippen LogP contribution in [0.3, 0.4) is 0 Å². The molecule has 0 radical (unpaired) electrons. The SMILES string of the molecule is CCCCCCCCOc1ccc(Nc2nc3c(s2)CCc2cnccc2-3)cc1. The summed E-state index contributed by atoms with van der Waals surface area (Å²) in [6, 6.07) is 10.3. The third kappa shape index (κ3) is 5.15. The molecule has 1 aromatic carbocycles. The van der Waals surface area contributed by atoms with E-state index >= 15 is 0 Å². The van der Waals surface area contributed by atoms with Gasteiger partial charge in [-0.15, -0.1) is 11.3 Å². The van der Waals surface area contributed by atoms with Gasteiger partial charge < -0.3 is 10.1 Å². The van der Waals surface area contributed by atoms with Crippen molar-refractivity contribution < 1.29 is 4.74 Å². The Morgan fingerprint density at radius 2 is 1.83 bits per heavy atom. The van der Waals surface area contributed by atoms with Crippen LogP contribution in [0.1, 0.15) is 55.9 Å². The van der Waals surface area contributed by atoms with Crippen LogP contribution in [-0.4, -0.2) is 16.6 Å². The minimum Gasteiger partial charge on any atom is -0.494 e. The third-order valence-electron chi connectivity index (χ3n) is 5.35. The molecule has 1 aliphatic carbocycles. The van der Waals surface area contributed by atoms with Crippen molar-refractivity contribution in [2.45, 2.75) is 58.3 Å². The van der Waals surface area contributed by atoms with E-state index in [1.54, 1.807) is 11.3 Å². The Morgan fingerprint density at radius 1 is 1.00 bits per heavy atom. The van der Waals surface area contributed by atoms with Crippen LogP contribution in [0.2, 0.25) is 0 Å². The first kappa shape index (κ1) is 19.9. The molecule has 1 aliphatic rings. The number of benzene rings is 1. The fourth-order valence-electron chi connectivity index (χ4n) is 3.72. The molecule has 1 N–H and O–H groups in total. The van der Waals surface area contributed by atoms with Crippen molar-refractivity contribution >= 4 is 22.2 Å². The predicted molar refractivity (Wildman–Crippen MR) is 121 cm³/mol. The van der Waals surface area contributed by atoms with Crippen molar-refractivity contribution in [2.24, 2.45) is 0 Å². The van der Waals surface area contributed by atoms with Crippen LogP contribution >= 0.6 is 11.3 Å². The first-order valence-corrected chi connectivity index (χ1v) is 11.6. The number of unbranched alkanes of at least 4 members (excludes halogenated alkanes) is 5. The molecular formula is C24H29N3OS. The van der Waals surface area contributed by atoms with E-state index in [4.69, 9.17) is 9.72 Å². The number of aryl methyl sites for hydroxylation is 2. The Morgan fingerprint density at radius 3 is 2.69 bits per heavy atom. The van der Waals surface area contributed by atoms with E-state index in [0.717, 1.165) is 48.1 Å². The lowest BCUT2D eigenvalue weighted by Gasteiger charge is -2.13. The third-order valence-corrected chi connectivity index (χ3v) is 6.38. The molecule has 4 rings (SSSR count). The summed E-state index contributed by atoms with van der Waals surface area (Å²) in [7, 11) is 0. The highest BCUT2D eigenvalue weighted by molar-refractivity contribution is 7.16. The second-order valence-electron chi connectivity index (χ2n) is 7.59. The van der Waals surface area contributed by atoms with Gasteiger partial charge in [0.1, 0.15) is 5.75 Å². The van der Waals surface area contributed by atoms with E-state index in [1.165, 1.54) is 48.1 Å². The number of nitrogens with one attached hydrogen (secondary N) is 1. The van der Waals surface area contributed by atoms with Crippen molar-refractivity contribution in [2.75, 3.05) is 11.9 Å². The molecule has 0 fully saturated rings. The van der Waals surface area contributed by atoms with E-state index in [9.17, 15) is 0 Å². The number of hydrogen-bond donors (Lipinski definition) is 1. The van der Waals surface area contributed by atoms with Gasteiger partial charge in [0.2, 0.25) is 0 Å². The van der Waals surface area contributed by atoms with Gasteiger partial charge in [-0.25, -0.2) is 4.98 Å². The van der Waals surface area contributed by atoms with Crippen molar-refractivity contribution in [1.82, 2.24) is 9.97 Å². The first-order chi connectivity index (χ1) is 14.3. The summed E-state index contributed by atoms with van der Waals surface area (Å²) in [5, 5.41) is 4.40. The summed E-state index contributed by atoms with van der Waals surface area (Å²) in [5.74, 6) is 0.934. The van der Waals surface area contributed by atoms with Crippen LogP contribution < -0.4 is 10.1 Å². The van der Waals surface area contributed by atoms with Crippen LogP contribution in [0.15, 0.2) is 42.7 Å². The molecule has 0 saturated carbocycles. The van der Waals surface area contributed by atoms with Crippen molar-refractivity contribution in [3.05, 3.63) is 53.2 Å². The van der Waals surface area contributed by atoms with E-state index in [-0.39, 0.29) is 0 Å². The molecule has 0 saturated heterocycles. The van der Waals surface area contributed by atoms with Crippen LogP contribution in [0.25, 0.3) is 11.3 Å². The van der Waals surface area contributed by atoms with Crippen LogP contribution in [-0.2, 0) is 12.8 Å². The molecule has 3 aromatic rings. The van der Waals surface area contributed by atoms with Gasteiger partial charge in [0, 0.05) is 28.5 Å². The molecule has 0 aliphatic heterocycles. The second-order valence-corrected chi connectivity index (χ2v) is 8.67. The maximum absolute atomic E-state index is 5.88. The maximum atomic E-state index is 5.88. The van der Waals surface area contributed by atoms with E-state index in [1.807, 2.05) is 24.5 Å². The molecule has 0 atom stereocenters. The zero-order valence-electron chi connectivity index (χ0n) is 17.1. The van der Waals surface area contributed by atoms with Crippen LogP contribution in [0.4, 0.5) is 10.8 Å². The number of anilines is 2. The molecule has 0 bridgehead atoms. The fraction of sp³-hybridized carbons (Fsp3) is 0.417. The minimum absolute atomic E-state index is 0.798. The van der Waals surface area contributed by atoms with Crippen molar-refractivity contribution in [1.29, 1.82) is 0 Å². The topological polar surface area (TPSA) is 47.0 Å². The predicted octanol–water partition coefficient (Wildman–Crippen LogP) is 6.79. The zero-order valence-corrected chi connectivity index (χ0v) is 17.9. The maximum Gasteiger partial charge on any atom is 0.187 e. The van der Waals surface area contributed by atoms with E-state index in [0.29, 0.717) is 0 Å². The zero-order chi connectivity index (χ0) is 19.9. The summed E-state index contributed by atoms with van der Waals surface area (Å²) >= 11 is 1.75.